The number of aryl methyl sites for hydroxylation is 1. The van der Waals surface area contributed by atoms with Crippen molar-refractivity contribution in [3.05, 3.63) is 27.6 Å². The minimum absolute atomic E-state index is 0.0995. The number of aromatic nitrogens is 2. The molecule has 3 rings (SSSR count). The molecule has 2 aromatic rings. The van der Waals surface area contributed by atoms with Gasteiger partial charge >= 0.3 is 0 Å². The van der Waals surface area contributed by atoms with Gasteiger partial charge in [-0.2, -0.15) is 0 Å². The van der Waals surface area contributed by atoms with Gasteiger partial charge in [0.1, 0.15) is 4.83 Å². The number of nitrogens with one attached hydrogen (secondary N) is 1. The lowest BCUT2D eigenvalue weighted by Gasteiger charge is -2.11. The molecule has 4 nitrogen and oxygen atoms in total. The van der Waals surface area contributed by atoms with Crippen molar-refractivity contribution in [1.29, 1.82) is 0 Å². The van der Waals surface area contributed by atoms with Crippen molar-refractivity contribution in [3.63, 3.8) is 0 Å². The van der Waals surface area contributed by atoms with Crippen molar-refractivity contribution in [1.82, 2.24) is 14.9 Å². The molecule has 0 aliphatic carbocycles. The van der Waals surface area contributed by atoms with Crippen LogP contribution >= 0.6 is 11.3 Å². The van der Waals surface area contributed by atoms with Crippen LogP contribution in [0, 0.1) is 6.92 Å². The highest BCUT2D eigenvalue weighted by atomic mass is 32.1. The van der Waals surface area contributed by atoms with Crippen LogP contribution in [-0.4, -0.2) is 22.1 Å². The maximum absolute atomic E-state index is 12.3. The first-order valence-corrected chi connectivity index (χ1v) is 6.80. The van der Waals surface area contributed by atoms with Crippen molar-refractivity contribution >= 4 is 21.6 Å². The van der Waals surface area contributed by atoms with Gasteiger partial charge in [-0.15, -0.1) is 11.3 Å². The molecule has 0 amide bonds. The third-order valence-electron chi connectivity index (χ3n) is 3.32. The van der Waals surface area contributed by atoms with E-state index in [-0.39, 0.29) is 5.56 Å². The minimum Gasteiger partial charge on any atom is -0.312 e. The summed E-state index contributed by atoms with van der Waals surface area (Å²) in [7, 11) is 0. The molecule has 1 saturated heterocycles. The maximum Gasteiger partial charge on any atom is 0.262 e. The molecule has 1 fully saturated rings. The number of hydrogen-bond donors (Lipinski definition) is 1. The summed E-state index contributed by atoms with van der Waals surface area (Å²) in [6.07, 6.45) is 4.03. The van der Waals surface area contributed by atoms with Gasteiger partial charge in [-0.1, -0.05) is 0 Å². The monoisotopic (exact) mass is 249 g/mol. The number of rotatable bonds is 2. The zero-order chi connectivity index (χ0) is 11.8. The Morgan fingerprint density at radius 1 is 1.65 bits per heavy atom. The third kappa shape index (κ3) is 1.89. The average molecular weight is 249 g/mol. The summed E-state index contributed by atoms with van der Waals surface area (Å²) in [4.78, 5) is 17.5. The largest absolute Gasteiger partial charge is 0.312 e. The van der Waals surface area contributed by atoms with E-state index in [9.17, 15) is 4.79 Å². The topological polar surface area (TPSA) is 46.9 Å². The number of fused-ring (bicyclic) bond motifs is 1. The van der Waals surface area contributed by atoms with Gasteiger partial charge in [-0.3, -0.25) is 9.36 Å². The fraction of sp³-hybridized carbons (Fsp3) is 0.500. The van der Waals surface area contributed by atoms with Crippen LogP contribution in [0.5, 0.6) is 0 Å². The van der Waals surface area contributed by atoms with Crippen LogP contribution in [0.4, 0.5) is 0 Å². The predicted octanol–water partition coefficient (Wildman–Crippen LogP) is 1.52. The fourth-order valence-corrected chi connectivity index (χ4v) is 3.26. The van der Waals surface area contributed by atoms with Gasteiger partial charge in [0.2, 0.25) is 0 Å². The molecule has 0 saturated carbocycles. The second kappa shape index (κ2) is 4.23. The number of hydrogen-bond acceptors (Lipinski definition) is 4. The highest BCUT2D eigenvalue weighted by Crippen LogP contribution is 2.19. The van der Waals surface area contributed by atoms with Gasteiger partial charge in [-0.05, 0) is 37.3 Å². The molecule has 2 aromatic heterocycles. The lowest BCUT2D eigenvalue weighted by Crippen LogP contribution is -2.32. The Balaban J connectivity index is 2.01. The van der Waals surface area contributed by atoms with Crippen LogP contribution in [0.25, 0.3) is 10.2 Å². The van der Waals surface area contributed by atoms with Gasteiger partial charge in [0.25, 0.3) is 5.56 Å². The maximum atomic E-state index is 12.3. The van der Waals surface area contributed by atoms with E-state index in [1.807, 2.05) is 12.3 Å². The van der Waals surface area contributed by atoms with E-state index in [1.165, 1.54) is 17.8 Å². The lowest BCUT2D eigenvalue weighted by atomic mass is 10.2. The molecule has 5 heteroatoms. The quantitative estimate of drug-likeness (QED) is 0.877. The summed E-state index contributed by atoms with van der Waals surface area (Å²) in [6.45, 7) is 3.77. The zero-order valence-corrected chi connectivity index (χ0v) is 10.6. The lowest BCUT2D eigenvalue weighted by molar-refractivity contribution is 0.497. The minimum atomic E-state index is 0.0995. The second-order valence-electron chi connectivity index (χ2n) is 4.59. The zero-order valence-electron chi connectivity index (χ0n) is 9.77. The Bertz CT molecular complexity index is 595. The highest BCUT2D eigenvalue weighted by Gasteiger charge is 2.16. The second-order valence-corrected chi connectivity index (χ2v) is 5.45. The summed E-state index contributed by atoms with van der Waals surface area (Å²) in [5.41, 5.74) is 1.14. The SMILES string of the molecule is Cc1csc2ncn(C[C@H]3CCCN3)c(=O)c12. The molecule has 0 unspecified atom stereocenters. The van der Waals surface area contributed by atoms with Crippen molar-refractivity contribution in [2.45, 2.75) is 32.4 Å². The molecule has 0 spiro atoms. The molecule has 17 heavy (non-hydrogen) atoms. The Morgan fingerprint density at radius 2 is 2.53 bits per heavy atom. The van der Waals surface area contributed by atoms with Crippen molar-refractivity contribution in [2.24, 2.45) is 0 Å². The van der Waals surface area contributed by atoms with Crippen molar-refractivity contribution in [3.8, 4) is 0 Å². The van der Waals surface area contributed by atoms with Crippen molar-refractivity contribution in [2.75, 3.05) is 6.54 Å². The molecule has 3 heterocycles. The molecule has 1 atom stereocenters. The molecule has 0 radical (unpaired) electrons. The Kier molecular flexibility index (Phi) is 2.72. The van der Waals surface area contributed by atoms with E-state index in [2.05, 4.69) is 10.3 Å². The summed E-state index contributed by atoms with van der Waals surface area (Å²) < 4.78 is 1.74. The first-order chi connectivity index (χ1) is 8.25. The molecule has 1 N–H and O–H groups in total. The van der Waals surface area contributed by atoms with Crippen LogP contribution in [0.15, 0.2) is 16.5 Å². The Morgan fingerprint density at radius 3 is 3.29 bits per heavy atom. The van der Waals surface area contributed by atoms with Gasteiger partial charge in [-0.25, -0.2) is 4.98 Å². The molecule has 1 aliphatic heterocycles. The molecule has 0 aromatic carbocycles. The molecule has 0 bridgehead atoms. The molecule has 90 valence electrons. The van der Waals surface area contributed by atoms with E-state index in [4.69, 9.17) is 0 Å². The van der Waals surface area contributed by atoms with Crippen molar-refractivity contribution < 1.29 is 0 Å². The Labute approximate surface area is 103 Å². The number of nitrogens with zero attached hydrogens (tertiary/aromatic N) is 2. The molecular weight excluding hydrogens is 234 g/mol. The highest BCUT2D eigenvalue weighted by molar-refractivity contribution is 7.16. The summed E-state index contributed by atoms with van der Waals surface area (Å²) in [5, 5.41) is 6.19. The summed E-state index contributed by atoms with van der Waals surface area (Å²) >= 11 is 1.54. The summed E-state index contributed by atoms with van der Waals surface area (Å²) in [6, 6.07) is 0.422. The first kappa shape index (κ1) is 10.9. The van der Waals surface area contributed by atoms with Crippen LogP contribution in [0.1, 0.15) is 18.4 Å². The van der Waals surface area contributed by atoms with E-state index < -0.39 is 0 Å². The third-order valence-corrected chi connectivity index (χ3v) is 4.33. The van der Waals surface area contributed by atoms with Crippen LogP contribution < -0.4 is 10.9 Å². The first-order valence-electron chi connectivity index (χ1n) is 5.92. The van der Waals surface area contributed by atoms with E-state index >= 15 is 0 Å². The standard InChI is InChI=1S/C12H15N3OS/c1-8-6-17-11-10(8)12(16)15(7-14-11)5-9-3-2-4-13-9/h6-7,9,13H,2-5H2,1H3/t9-/m1/s1. The van der Waals surface area contributed by atoms with Gasteiger partial charge in [0.05, 0.1) is 11.7 Å². The summed E-state index contributed by atoms with van der Waals surface area (Å²) in [5.74, 6) is 0. The molecular formula is C12H15N3OS. The molecule has 1 aliphatic rings. The smallest absolute Gasteiger partial charge is 0.262 e. The van der Waals surface area contributed by atoms with E-state index in [0.717, 1.165) is 35.3 Å². The number of thiophene rings is 1. The Hall–Kier alpha value is -1.20. The van der Waals surface area contributed by atoms with Gasteiger partial charge in [0.15, 0.2) is 0 Å². The van der Waals surface area contributed by atoms with Crippen LogP contribution in [0.3, 0.4) is 0 Å². The van der Waals surface area contributed by atoms with Gasteiger partial charge < -0.3 is 5.32 Å². The predicted molar refractivity (Wildman–Crippen MR) is 69.6 cm³/mol. The van der Waals surface area contributed by atoms with Crippen LogP contribution in [0.2, 0.25) is 0 Å². The normalized spacial score (nSPS) is 20.2. The van der Waals surface area contributed by atoms with Gasteiger partial charge in [0, 0.05) is 12.6 Å². The average Bonchev–Trinajstić information content (AvgIpc) is 2.93. The fourth-order valence-electron chi connectivity index (χ4n) is 2.38. The van der Waals surface area contributed by atoms with Crippen LogP contribution in [-0.2, 0) is 6.54 Å². The van der Waals surface area contributed by atoms with E-state index in [1.54, 1.807) is 10.9 Å². The van der Waals surface area contributed by atoms with E-state index in [0.29, 0.717) is 6.04 Å².